The molecule has 1 unspecified atom stereocenters. The summed E-state index contributed by atoms with van der Waals surface area (Å²) < 4.78 is 39.1. The third kappa shape index (κ3) is 5.58. The highest BCUT2D eigenvalue weighted by Gasteiger charge is 2.40. The van der Waals surface area contributed by atoms with Gasteiger partial charge < -0.3 is 19.9 Å². The predicted molar refractivity (Wildman–Crippen MR) is 131 cm³/mol. The average Bonchev–Trinajstić information content (AvgIpc) is 3.30. The van der Waals surface area contributed by atoms with Gasteiger partial charge in [-0.05, 0) is 50.7 Å². The number of anilines is 1. The molecule has 1 fully saturated rings. The van der Waals surface area contributed by atoms with Gasteiger partial charge in [0.15, 0.2) is 5.78 Å². The Kier molecular flexibility index (Phi) is 8.02. The number of Topliss-reactive ketones (excluding diaryl/α,β-unsaturated/α-hetero) is 1. The van der Waals surface area contributed by atoms with Crippen molar-refractivity contribution in [1.82, 2.24) is 9.97 Å². The van der Waals surface area contributed by atoms with E-state index < -0.39 is 18.1 Å². The molecule has 1 aliphatic carbocycles. The van der Waals surface area contributed by atoms with Crippen LogP contribution in [0.25, 0.3) is 0 Å². The number of aliphatic hydroxyl groups is 1. The number of nitrogens with one attached hydrogen (secondary N) is 1. The lowest BCUT2D eigenvalue weighted by atomic mass is 9.85. The van der Waals surface area contributed by atoms with Crippen LogP contribution in [0, 0.1) is 12.8 Å². The van der Waals surface area contributed by atoms with Gasteiger partial charge in [0, 0.05) is 62.4 Å². The molecule has 1 aliphatic heterocycles. The summed E-state index contributed by atoms with van der Waals surface area (Å²) in [5.41, 5.74) is 1.72. The fourth-order valence-electron chi connectivity index (χ4n) is 5.27. The van der Waals surface area contributed by atoms with E-state index in [9.17, 15) is 13.6 Å². The summed E-state index contributed by atoms with van der Waals surface area (Å²) >= 11 is 0. The molecule has 4 rings (SSSR count). The van der Waals surface area contributed by atoms with Crippen molar-refractivity contribution >= 4 is 11.6 Å². The Bertz CT molecular complexity index is 1090. The molecule has 2 aromatic rings. The first kappa shape index (κ1) is 26.6. The van der Waals surface area contributed by atoms with Crippen LogP contribution in [-0.4, -0.2) is 53.4 Å². The minimum Gasteiger partial charge on any atom is -0.390 e. The largest absolute Gasteiger partial charge is 0.390 e. The molecule has 0 amide bonds. The number of aliphatic hydroxyl groups excluding tert-OH is 1. The van der Waals surface area contributed by atoms with Crippen molar-refractivity contribution in [2.24, 2.45) is 5.92 Å². The van der Waals surface area contributed by atoms with Gasteiger partial charge in [-0.15, -0.1) is 0 Å². The number of halogens is 2. The number of alkyl halides is 2. The minimum atomic E-state index is -3.29. The zero-order valence-corrected chi connectivity index (χ0v) is 21.2. The molecular weight excluding hydrogens is 468 g/mol. The van der Waals surface area contributed by atoms with E-state index in [1.54, 1.807) is 19.2 Å². The Balaban J connectivity index is 1.44. The molecule has 36 heavy (non-hydrogen) atoms. The van der Waals surface area contributed by atoms with Crippen molar-refractivity contribution < 1.29 is 28.2 Å². The van der Waals surface area contributed by atoms with Crippen molar-refractivity contribution in [2.75, 3.05) is 32.2 Å². The highest BCUT2D eigenvalue weighted by Crippen LogP contribution is 2.36. The first-order valence-electron chi connectivity index (χ1n) is 12.6. The molecule has 7 nitrogen and oxygen atoms in total. The van der Waals surface area contributed by atoms with Crippen molar-refractivity contribution in [3.05, 3.63) is 52.5 Å². The molecule has 2 heterocycles. The highest BCUT2D eigenvalue weighted by molar-refractivity contribution is 5.87. The second-order valence-corrected chi connectivity index (χ2v) is 9.95. The van der Waals surface area contributed by atoms with E-state index in [4.69, 9.17) is 14.6 Å². The normalized spacial score (nSPS) is 20.1. The molecule has 1 aromatic carbocycles. The summed E-state index contributed by atoms with van der Waals surface area (Å²) in [6.07, 6.45) is 3.90. The van der Waals surface area contributed by atoms with E-state index in [-0.39, 0.29) is 23.3 Å². The van der Waals surface area contributed by atoms with Crippen molar-refractivity contribution in [2.45, 2.75) is 69.9 Å². The van der Waals surface area contributed by atoms with Gasteiger partial charge in [-0.25, -0.2) is 9.97 Å². The van der Waals surface area contributed by atoms with Crippen LogP contribution in [0.3, 0.4) is 0 Å². The molecule has 2 N–H and O–H groups in total. The number of carbonyl (C=O) groups excluding carboxylic acids is 1. The number of aryl methyl sites for hydroxylation is 1. The molecular formula is C27H35F2N3O4. The molecule has 0 spiro atoms. The van der Waals surface area contributed by atoms with E-state index in [2.05, 4.69) is 15.3 Å². The number of ketones is 1. The Morgan fingerprint density at radius 1 is 1.31 bits per heavy atom. The summed E-state index contributed by atoms with van der Waals surface area (Å²) in [5, 5.41) is 12.4. The number of rotatable bonds is 10. The van der Waals surface area contributed by atoms with Crippen molar-refractivity contribution in [3.8, 4) is 0 Å². The van der Waals surface area contributed by atoms with E-state index >= 15 is 0 Å². The molecule has 2 atom stereocenters. The van der Waals surface area contributed by atoms with Gasteiger partial charge in [-0.3, -0.25) is 4.79 Å². The second-order valence-electron chi connectivity index (χ2n) is 9.95. The monoisotopic (exact) mass is 503 g/mol. The van der Waals surface area contributed by atoms with Gasteiger partial charge in [-0.1, -0.05) is 18.2 Å². The van der Waals surface area contributed by atoms with E-state index in [0.717, 1.165) is 30.5 Å². The molecule has 1 saturated heterocycles. The van der Waals surface area contributed by atoms with Crippen LogP contribution in [0.4, 0.5) is 14.6 Å². The van der Waals surface area contributed by atoms with Crippen molar-refractivity contribution in [3.63, 3.8) is 0 Å². The molecule has 9 heteroatoms. The standard InChI is InChI=1S/C27H35F2N3O4/c1-17(20-5-4-6-21(15-20)27(28,29)16-33)30-25-22-13-19(14-23(22)31-18(2)32-25)7-8-24(34)26(35-3)9-11-36-12-10-26/h4-6,15,17,19,33H,7-14,16H2,1-3H3,(H,30,31,32)/t17-,19?/m1/s1. The minimum absolute atomic E-state index is 0.137. The Morgan fingerprint density at radius 2 is 2.06 bits per heavy atom. The third-order valence-corrected chi connectivity index (χ3v) is 7.52. The predicted octanol–water partition coefficient (Wildman–Crippen LogP) is 4.30. The first-order valence-corrected chi connectivity index (χ1v) is 12.6. The first-order chi connectivity index (χ1) is 17.2. The zero-order chi connectivity index (χ0) is 25.9. The third-order valence-electron chi connectivity index (χ3n) is 7.52. The van der Waals surface area contributed by atoms with Gasteiger partial charge in [0.2, 0.25) is 0 Å². The maximum Gasteiger partial charge on any atom is 0.295 e. The van der Waals surface area contributed by atoms with Crippen LogP contribution in [0.2, 0.25) is 0 Å². The average molecular weight is 504 g/mol. The summed E-state index contributed by atoms with van der Waals surface area (Å²) in [4.78, 5) is 22.3. The maximum atomic E-state index is 14.0. The van der Waals surface area contributed by atoms with Gasteiger partial charge in [0.05, 0.1) is 0 Å². The molecule has 1 aromatic heterocycles. The number of aromatic nitrogens is 2. The van der Waals surface area contributed by atoms with Crippen LogP contribution in [0.1, 0.15) is 66.9 Å². The smallest absolute Gasteiger partial charge is 0.295 e. The lowest BCUT2D eigenvalue weighted by molar-refractivity contribution is -0.153. The molecule has 0 bridgehead atoms. The lowest BCUT2D eigenvalue weighted by Crippen LogP contribution is -2.45. The number of hydrogen-bond donors (Lipinski definition) is 2. The number of carbonyl (C=O) groups is 1. The van der Waals surface area contributed by atoms with E-state index in [1.807, 2.05) is 13.8 Å². The van der Waals surface area contributed by atoms with Crippen LogP contribution in [0.15, 0.2) is 24.3 Å². The number of nitrogens with zero attached hydrogens (tertiary/aromatic N) is 2. The summed E-state index contributed by atoms with van der Waals surface area (Å²) in [6, 6.07) is 5.80. The Morgan fingerprint density at radius 3 is 2.75 bits per heavy atom. The van der Waals surface area contributed by atoms with Crippen LogP contribution in [0.5, 0.6) is 0 Å². The van der Waals surface area contributed by atoms with Gasteiger partial charge in [-0.2, -0.15) is 8.78 Å². The maximum absolute atomic E-state index is 14.0. The number of methoxy groups -OCH3 is 1. The topological polar surface area (TPSA) is 93.6 Å². The summed E-state index contributed by atoms with van der Waals surface area (Å²) in [5.74, 6) is -1.54. The van der Waals surface area contributed by atoms with Crippen LogP contribution in [-0.2, 0) is 33.0 Å². The van der Waals surface area contributed by atoms with E-state index in [0.29, 0.717) is 49.7 Å². The molecule has 196 valence electrons. The summed E-state index contributed by atoms with van der Waals surface area (Å²) in [7, 11) is 1.60. The molecule has 0 saturated carbocycles. The Hall–Kier alpha value is -2.49. The summed E-state index contributed by atoms with van der Waals surface area (Å²) in [6.45, 7) is 3.57. The number of ether oxygens (including phenoxy) is 2. The number of benzene rings is 1. The van der Waals surface area contributed by atoms with Crippen LogP contribution >= 0.6 is 0 Å². The fourth-order valence-corrected chi connectivity index (χ4v) is 5.27. The van der Waals surface area contributed by atoms with E-state index in [1.165, 1.54) is 12.1 Å². The lowest BCUT2D eigenvalue weighted by Gasteiger charge is -2.34. The zero-order valence-electron chi connectivity index (χ0n) is 21.2. The van der Waals surface area contributed by atoms with Crippen molar-refractivity contribution in [1.29, 1.82) is 0 Å². The highest BCUT2D eigenvalue weighted by atomic mass is 19.3. The van der Waals surface area contributed by atoms with Gasteiger partial charge in [0.1, 0.15) is 23.9 Å². The molecule has 0 radical (unpaired) electrons. The SMILES string of the molecule is COC1(C(=O)CCC2Cc3nc(C)nc(N[C@H](C)c4cccc(C(F)(F)CO)c4)c3C2)CCOCC1. The quantitative estimate of drug-likeness (QED) is 0.499. The van der Waals surface area contributed by atoms with Gasteiger partial charge in [0.25, 0.3) is 5.92 Å². The fraction of sp³-hybridized carbons (Fsp3) is 0.593. The number of fused-ring (bicyclic) bond motifs is 1. The molecule has 2 aliphatic rings. The second kappa shape index (κ2) is 10.9. The van der Waals surface area contributed by atoms with Crippen LogP contribution < -0.4 is 5.32 Å². The Labute approximate surface area is 210 Å². The van der Waals surface area contributed by atoms with Gasteiger partial charge >= 0.3 is 0 Å². The number of hydrogen-bond acceptors (Lipinski definition) is 7.